The number of esters is 1. The first-order chi connectivity index (χ1) is 8.65. The maximum absolute atomic E-state index is 11.2. The van der Waals surface area contributed by atoms with Crippen LogP contribution in [0.4, 0.5) is 0 Å². The van der Waals surface area contributed by atoms with Crippen LogP contribution in [0.2, 0.25) is 0 Å². The molecule has 0 spiro atoms. The number of rotatable bonds is 7. The molecular weight excluding hydrogens is 228 g/mol. The highest BCUT2D eigenvalue weighted by molar-refractivity contribution is 5.72. The van der Waals surface area contributed by atoms with Crippen molar-refractivity contribution in [2.75, 3.05) is 20.7 Å². The largest absolute Gasteiger partial charge is 0.469 e. The standard InChI is InChI=1S/C14H22N2O2/c1-4-5-6-16(2)11-13-7-12(9-15-10-13)8-14(17)18-3/h7,9-10H,4-6,8,11H2,1-3H3. The molecule has 0 aromatic carbocycles. The van der Waals surface area contributed by atoms with Crippen molar-refractivity contribution in [3.8, 4) is 0 Å². The molecular formula is C14H22N2O2. The van der Waals surface area contributed by atoms with E-state index < -0.39 is 0 Å². The monoisotopic (exact) mass is 250 g/mol. The minimum atomic E-state index is -0.228. The van der Waals surface area contributed by atoms with Gasteiger partial charge >= 0.3 is 5.97 Å². The van der Waals surface area contributed by atoms with Crippen LogP contribution in [0.15, 0.2) is 18.5 Å². The Balaban J connectivity index is 2.56. The fourth-order valence-electron chi connectivity index (χ4n) is 1.78. The van der Waals surface area contributed by atoms with Crippen molar-refractivity contribution in [1.82, 2.24) is 9.88 Å². The average molecular weight is 250 g/mol. The van der Waals surface area contributed by atoms with Gasteiger partial charge in [0.05, 0.1) is 13.5 Å². The van der Waals surface area contributed by atoms with Gasteiger partial charge in [0.2, 0.25) is 0 Å². The van der Waals surface area contributed by atoms with E-state index in [1.807, 2.05) is 12.3 Å². The zero-order valence-electron chi connectivity index (χ0n) is 11.5. The van der Waals surface area contributed by atoms with E-state index in [-0.39, 0.29) is 12.4 Å². The van der Waals surface area contributed by atoms with E-state index in [0.717, 1.165) is 24.2 Å². The van der Waals surface area contributed by atoms with Gasteiger partial charge in [-0.2, -0.15) is 0 Å². The summed E-state index contributed by atoms with van der Waals surface area (Å²) < 4.78 is 4.65. The second-order valence-corrected chi connectivity index (χ2v) is 4.55. The highest BCUT2D eigenvalue weighted by atomic mass is 16.5. The third kappa shape index (κ3) is 5.27. The normalized spacial score (nSPS) is 10.7. The molecule has 1 aromatic heterocycles. The number of nitrogens with zero attached hydrogens (tertiary/aromatic N) is 2. The molecule has 0 amide bonds. The molecule has 0 saturated carbocycles. The Morgan fingerprint density at radius 1 is 1.39 bits per heavy atom. The molecule has 0 saturated heterocycles. The van der Waals surface area contributed by atoms with Crippen molar-refractivity contribution < 1.29 is 9.53 Å². The van der Waals surface area contributed by atoms with Crippen molar-refractivity contribution in [3.05, 3.63) is 29.6 Å². The van der Waals surface area contributed by atoms with Crippen molar-refractivity contribution in [2.45, 2.75) is 32.7 Å². The van der Waals surface area contributed by atoms with E-state index in [4.69, 9.17) is 0 Å². The Kier molecular flexibility index (Phi) is 6.36. The van der Waals surface area contributed by atoms with E-state index in [2.05, 4.69) is 28.6 Å². The van der Waals surface area contributed by atoms with E-state index >= 15 is 0 Å². The topological polar surface area (TPSA) is 42.4 Å². The van der Waals surface area contributed by atoms with E-state index in [1.165, 1.54) is 20.0 Å². The Labute approximate surface area is 109 Å². The zero-order chi connectivity index (χ0) is 13.4. The lowest BCUT2D eigenvalue weighted by Crippen LogP contribution is -2.19. The predicted octanol–water partition coefficient (Wildman–Crippen LogP) is 2.03. The predicted molar refractivity (Wildman–Crippen MR) is 71.2 cm³/mol. The molecule has 18 heavy (non-hydrogen) atoms. The summed E-state index contributed by atoms with van der Waals surface area (Å²) in [5.41, 5.74) is 2.04. The molecule has 1 rings (SSSR count). The first-order valence-corrected chi connectivity index (χ1v) is 6.34. The Morgan fingerprint density at radius 3 is 2.78 bits per heavy atom. The Bertz CT molecular complexity index is 380. The van der Waals surface area contributed by atoms with Crippen molar-refractivity contribution >= 4 is 5.97 Å². The molecule has 1 aromatic rings. The van der Waals surface area contributed by atoms with Gasteiger partial charge in [0.1, 0.15) is 0 Å². The molecule has 4 nitrogen and oxygen atoms in total. The highest BCUT2D eigenvalue weighted by Crippen LogP contribution is 2.07. The fourth-order valence-corrected chi connectivity index (χ4v) is 1.78. The molecule has 0 atom stereocenters. The zero-order valence-corrected chi connectivity index (χ0v) is 11.5. The van der Waals surface area contributed by atoms with Crippen LogP contribution in [-0.4, -0.2) is 36.6 Å². The smallest absolute Gasteiger partial charge is 0.310 e. The van der Waals surface area contributed by atoms with Gasteiger partial charge < -0.3 is 9.64 Å². The van der Waals surface area contributed by atoms with Crippen LogP contribution in [0.1, 0.15) is 30.9 Å². The third-order valence-electron chi connectivity index (χ3n) is 2.77. The van der Waals surface area contributed by atoms with Gasteiger partial charge in [0.25, 0.3) is 0 Å². The molecule has 100 valence electrons. The maximum atomic E-state index is 11.2. The lowest BCUT2D eigenvalue weighted by molar-refractivity contribution is -0.139. The Hall–Kier alpha value is -1.42. The first kappa shape index (κ1) is 14.6. The van der Waals surface area contributed by atoms with Crippen molar-refractivity contribution in [1.29, 1.82) is 0 Å². The van der Waals surface area contributed by atoms with Gasteiger partial charge in [-0.3, -0.25) is 9.78 Å². The van der Waals surface area contributed by atoms with E-state index in [9.17, 15) is 4.79 Å². The molecule has 0 aliphatic heterocycles. The summed E-state index contributed by atoms with van der Waals surface area (Å²) in [7, 11) is 3.50. The van der Waals surface area contributed by atoms with Gasteiger partial charge in [-0.1, -0.05) is 19.4 Å². The quantitative estimate of drug-likeness (QED) is 0.694. The summed E-state index contributed by atoms with van der Waals surface area (Å²) in [6.07, 6.45) is 6.25. The number of ether oxygens (including phenoxy) is 1. The second-order valence-electron chi connectivity index (χ2n) is 4.55. The summed E-state index contributed by atoms with van der Waals surface area (Å²) in [4.78, 5) is 17.6. The number of carbonyl (C=O) groups is 1. The third-order valence-corrected chi connectivity index (χ3v) is 2.77. The Morgan fingerprint density at radius 2 is 2.11 bits per heavy atom. The summed E-state index contributed by atoms with van der Waals surface area (Å²) in [5, 5.41) is 0. The first-order valence-electron chi connectivity index (χ1n) is 6.34. The number of hydrogen-bond acceptors (Lipinski definition) is 4. The summed E-state index contributed by atoms with van der Waals surface area (Å²) >= 11 is 0. The number of hydrogen-bond donors (Lipinski definition) is 0. The summed E-state index contributed by atoms with van der Waals surface area (Å²) in [5.74, 6) is -0.228. The van der Waals surface area contributed by atoms with Crippen LogP contribution in [0.3, 0.4) is 0 Å². The van der Waals surface area contributed by atoms with Crippen molar-refractivity contribution in [3.63, 3.8) is 0 Å². The molecule has 0 bridgehead atoms. The van der Waals surface area contributed by atoms with Crippen LogP contribution in [-0.2, 0) is 22.5 Å². The average Bonchev–Trinajstić information content (AvgIpc) is 2.36. The lowest BCUT2D eigenvalue weighted by Gasteiger charge is -2.16. The minimum absolute atomic E-state index is 0.228. The van der Waals surface area contributed by atoms with Crippen molar-refractivity contribution in [2.24, 2.45) is 0 Å². The molecule has 0 N–H and O–H groups in total. The number of pyridine rings is 1. The number of aromatic nitrogens is 1. The van der Waals surface area contributed by atoms with Gasteiger partial charge in [-0.05, 0) is 31.1 Å². The fraction of sp³-hybridized carbons (Fsp3) is 0.571. The lowest BCUT2D eigenvalue weighted by atomic mass is 10.1. The van der Waals surface area contributed by atoms with Crippen LogP contribution in [0.25, 0.3) is 0 Å². The minimum Gasteiger partial charge on any atom is -0.469 e. The molecule has 0 radical (unpaired) electrons. The van der Waals surface area contributed by atoms with E-state index in [0.29, 0.717) is 0 Å². The molecule has 0 aliphatic carbocycles. The van der Waals surface area contributed by atoms with Gasteiger partial charge in [-0.15, -0.1) is 0 Å². The molecule has 0 fully saturated rings. The highest BCUT2D eigenvalue weighted by Gasteiger charge is 2.05. The van der Waals surface area contributed by atoms with Crippen LogP contribution >= 0.6 is 0 Å². The van der Waals surface area contributed by atoms with Crippen LogP contribution in [0.5, 0.6) is 0 Å². The SMILES string of the molecule is CCCCN(C)Cc1cncc(CC(=O)OC)c1. The van der Waals surface area contributed by atoms with Gasteiger partial charge in [0, 0.05) is 18.9 Å². The van der Waals surface area contributed by atoms with Crippen LogP contribution in [0, 0.1) is 0 Å². The number of carbonyl (C=O) groups excluding carboxylic acids is 1. The summed E-state index contributed by atoms with van der Waals surface area (Å²) in [6, 6.07) is 2.02. The molecule has 0 unspecified atom stereocenters. The van der Waals surface area contributed by atoms with Gasteiger partial charge in [0.15, 0.2) is 0 Å². The van der Waals surface area contributed by atoms with Gasteiger partial charge in [-0.25, -0.2) is 0 Å². The summed E-state index contributed by atoms with van der Waals surface area (Å²) in [6.45, 7) is 4.13. The number of unbranched alkanes of at least 4 members (excludes halogenated alkanes) is 1. The molecule has 4 heteroatoms. The van der Waals surface area contributed by atoms with E-state index in [1.54, 1.807) is 6.20 Å². The van der Waals surface area contributed by atoms with Crippen LogP contribution < -0.4 is 0 Å². The maximum Gasteiger partial charge on any atom is 0.310 e. The molecule has 0 aliphatic rings. The second kappa shape index (κ2) is 7.82. The number of methoxy groups -OCH3 is 1. The molecule has 1 heterocycles.